The van der Waals surface area contributed by atoms with Crippen LogP contribution in [0.4, 0.5) is 4.39 Å². The molecule has 1 saturated carbocycles. The Bertz CT molecular complexity index is 395. The summed E-state index contributed by atoms with van der Waals surface area (Å²) in [5.41, 5.74) is 1.08. The first-order chi connectivity index (χ1) is 9.67. The topological polar surface area (TPSA) is 12.0 Å². The predicted molar refractivity (Wildman–Crippen MR) is 86.5 cm³/mol. The van der Waals surface area contributed by atoms with Crippen LogP contribution in [0.15, 0.2) is 22.7 Å². The number of rotatable bonds is 7. The Hall–Kier alpha value is -0.410. The van der Waals surface area contributed by atoms with Gasteiger partial charge in [0.2, 0.25) is 0 Å². The maximum Gasteiger partial charge on any atom is 0.124 e. The van der Waals surface area contributed by atoms with Crippen LogP contribution >= 0.6 is 15.9 Å². The minimum atomic E-state index is -0.152. The van der Waals surface area contributed by atoms with Crippen LogP contribution in [-0.2, 0) is 6.42 Å². The van der Waals surface area contributed by atoms with E-state index < -0.39 is 0 Å². The molecule has 0 amide bonds. The zero-order valence-electron chi connectivity index (χ0n) is 12.3. The second-order valence-electron chi connectivity index (χ2n) is 5.96. The molecule has 0 aliphatic heterocycles. The van der Waals surface area contributed by atoms with Gasteiger partial charge in [0.1, 0.15) is 5.82 Å². The lowest BCUT2D eigenvalue weighted by Gasteiger charge is -2.20. The molecule has 0 spiro atoms. The van der Waals surface area contributed by atoms with E-state index in [1.165, 1.54) is 44.6 Å². The van der Waals surface area contributed by atoms with Crippen molar-refractivity contribution in [2.24, 2.45) is 5.92 Å². The smallest absolute Gasteiger partial charge is 0.124 e. The van der Waals surface area contributed by atoms with Crippen molar-refractivity contribution >= 4 is 15.9 Å². The van der Waals surface area contributed by atoms with Crippen molar-refractivity contribution in [3.63, 3.8) is 0 Å². The van der Waals surface area contributed by atoms with Crippen LogP contribution in [0.1, 0.15) is 51.0 Å². The highest BCUT2D eigenvalue weighted by Crippen LogP contribution is 2.29. The highest BCUT2D eigenvalue weighted by atomic mass is 79.9. The fraction of sp³-hybridized carbons (Fsp3) is 0.647. The quantitative estimate of drug-likeness (QED) is 0.729. The molecule has 1 fully saturated rings. The van der Waals surface area contributed by atoms with Crippen LogP contribution < -0.4 is 5.32 Å². The second kappa shape index (κ2) is 8.14. The van der Waals surface area contributed by atoms with Crippen molar-refractivity contribution in [3.8, 4) is 0 Å². The van der Waals surface area contributed by atoms with Gasteiger partial charge in [-0.05, 0) is 55.5 Å². The average Bonchev–Trinajstić information content (AvgIpc) is 2.88. The maximum atomic E-state index is 13.4. The van der Waals surface area contributed by atoms with Gasteiger partial charge in [0, 0.05) is 10.5 Å². The summed E-state index contributed by atoms with van der Waals surface area (Å²) in [6.45, 7) is 3.12. The van der Waals surface area contributed by atoms with Gasteiger partial charge in [0.05, 0.1) is 0 Å². The van der Waals surface area contributed by atoms with E-state index in [0.717, 1.165) is 28.9 Å². The van der Waals surface area contributed by atoms with Gasteiger partial charge in [-0.25, -0.2) is 4.39 Å². The number of nitrogens with one attached hydrogen (secondary N) is 1. The number of hydrogen-bond acceptors (Lipinski definition) is 1. The molecule has 1 aliphatic rings. The normalized spacial score (nSPS) is 17.6. The zero-order valence-corrected chi connectivity index (χ0v) is 13.9. The molecule has 20 heavy (non-hydrogen) atoms. The van der Waals surface area contributed by atoms with Crippen molar-refractivity contribution in [1.82, 2.24) is 5.32 Å². The van der Waals surface area contributed by atoms with E-state index in [1.54, 1.807) is 6.07 Å². The van der Waals surface area contributed by atoms with E-state index in [4.69, 9.17) is 0 Å². The fourth-order valence-corrected chi connectivity index (χ4v) is 3.83. The fourth-order valence-electron chi connectivity index (χ4n) is 3.31. The lowest BCUT2D eigenvalue weighted by atomic mass is 9.95. The van der Waals surface area contributed by atoms with Gasteiger partial charge in [-0.15, -0.1) is 0 Å². The Kier molecular flexibility index (Phi) is 6.50. The molecule has 0 heterocycles. The predicted octanol–water partition coefficient (Wildman–Crippen LogP) is 5.08. The zero-order chi connectivity index (χ0) is 14.4. The second-order valence-corrected chi connectivity index (χ2v) is 6.88. The Labute approximate surface area is 130 Å². The summed E-state index contributed by atoms with van der Waals surface area (Å²) in [6, 6.07) is 5.67. The Morgan fingerprint density at radius 1 is 1.30 bits per heavy atom. The summed E-state index contributed by atoms with van der Waals surface area (Å²) >= 11 is 3.37. The first-order valence-electron chi connectivity index (χ1n) is 7.85. The number of halogens is 2. The van der Waals surface area contributed by atoms with Crippen LogP contribution in [0.25, 0.3) is 0 Å². The van der Waals surface area contributed by atoms with E-state index in [9.17, 15) is 4.39 Å². The minimum Gasteiger partial charge on any atom is -0.314 e. The Balaban J connectivity index is 1.89. The molecule has 2 rings (SSSR count). The van der Waals surface area contributed by atoms with E-state index >= 15 is 0 Å². The molecule has 0 bridgehead atoms. The molecule has 1 unspecified atom stereocenters. The molecule has 112 valence electrons. The molecule has 0 saturated heterocycles. The Morgan fingerprint density at radius 3 is 2.70 bits per heavy atom. The van der Waals surface area contributed by atoms with Crippen molar-refractivity contribution in [3.05, 3.63) is 34.1 Å². The van der Waals surface area contributed by atoms with Gasteiger partial charge in [-0.3, -0.25) is 0 Å². The van der Waals surface area contributed by atoms with Crippen molar-refractivity contribution in [1.29, 1.82) is 0 Å². The van der Waals surface area contributed by atoms with Crippen molar-refractivity contribution in [2.45, 2.75) is 57.9 Å². The summed E-state index contributed by atoms with van der Waals surface area (Å²) in [5.74, 6) is 0.774. The molecule has 1 nitrogen and oxygen atoms in total. The molecule has 1 aromatic carbocycles. The number of likely N-dealkylation sites (N-methyl/N-ethyl adjacent to an activating group) is 1. The van der Waals surface area contributed by atoms with E-state index in [0.29, 0.717) is 6.04 Å². The van der Waals surface area contributed by atoms with E-state index in [-0.39, 0.29) is 5.82 Å². The van der Waals surface area contributed by atoms with Crippen LogP contribution in [-0.4, -0.2) is 12.6 Å². The minimum absolute atomic E-state index is 0.152. The molecular weight excluding hydrogens is 317 g/mol. The van der Waals surface area contributed by atoms with Gasteiger partial charge in [-0.1, -0.05) is 48.5 Å². The highest BCUT2D eigenvalue weighted by molar-refractivity contribution is 9.10. The van der Waals surface area contributed by atoms with Gasteiger partial charge in [0.25, 0.3) is 0 Å². The summed E-state index contributed by atoms with van der Waals surface area (Å²) in [6.07, 6.45) is 9.06. The maximum absolute atomic E-state index is 13.4. The van der Waals surface area contributed by atoms with Gasteiger partial charge in [0.15, 0.2) is 0 Å². The van der Waals surface area contributed by atoms with Gasteiger partial charge in [-0.2, -0.15) is 0 Å². The van der Waals surface area contributed by atoms with Gasteiger partial charge < -0.3 is 5.32 Å². The van der Waals surface area contributed by atoms with Gasteiger partial charge >= 0.3 is 0 Å². The molecule has 0 radical (unpaired) electrons. The number of benzene rings is 1. The largest absolute Gasteiger partial charge is 0.314 e. The first kappa shape index (κ1) is 16.0. The van der Waals surface area contributed by atoms with E-state index in [1.807, 2.05) is 6.07 Å². The van der Waals surface area contributed by atoms with Crippen LogP contribution in [0.5, 0.6) is 0 Å². The van der Waals surface area contributed by atoms with Crippen molar-refractivity contribution < 1.29 is 4.39 Å². The first-order valence-corrected chi connectivity index (χ1v) is 8.65. The van der Waals surface area contributed by atoms with Crippen LogP contribution in [0.3, 0.4) is 0 Å². The molecule has 1 N–H and O–H groups in total. The molecule has 1 aromatic rings. The lowest BCUT2D eigenvalue weighted by Crippen LogP contribution is -2.31. The summed E-state index contributed by atoms with van der Waals surface area (Å²) < 4.78 is 14.3. The third kappa shape index (κ3) is 5.17. The molecule has 0 aromatic heterocycles. The number of hydrogen-bond donors (Lipinski definition) is 1. The van der Waals surface area contributed by atoms with E-state index in [2.05, 4.69) is 28.2 Å². The molecule has 1 atom stereocenters. The van der Waals surface area contributed by atoms with Crippen LogP contribution in [0.2, 0.25) is 0 Å². The van der Waals surface area contributed by atoms with Crippen molar-refractivity contribution in [2.75, 3.05) is 6.54 Å². The SMILES string of the molecule is CCNC(CCC1CCCC1)Cc1cc(F)cc(Br)c1. The molecule has 1 aliphatic carbocycles. The molecular formula is C17H25BrFN. The lowest BCUT2D eigenvalue weighted by molar-refractivity contribution is 0.407. The summed E-state index contributed by atoms with van der Waals surface area (Å²) in [5, 5.41) is 3.56. The third-order valence-corrected chi connectivity index (χ3v) is 4.75. The Morgan fingerprint density at radius 2 is 2.05 bits per heavy atom. The highest BCUT2D eigenvalue weighted by Gasteiger charge is 2.17. The standard InChI is InChI=1S/C17H25BrFN/c1-2-20-17(8-7-13-5-3-4-6-13)11-14-9-15(18)12-16(19)10-14/h9-10,12-13,17,20H,2-8,11H2,1H3. The molecule has 3 heteroatoms. The average molecular weight is 342 g/mol. The third-order valence-electron chi connectivity index (χ3n) is 4.30. The summed E-state index contributed by atoms with van der Waals surface area (Å²) in [4.78, 5) is 0. The van der Waals surface area contributed by atoms with Crippen LogP contribution in [0, 0.1) is 11.7 Å². The summed E-state index contributed by atoms with van der Waals surface area (Å²) in [7, 11) is 0. The monoisotopic (exact) mass is 341 g/mol.